The Balaban J connectivity index is 2.81. The molecule has 0 saturated heterocycles. The highest BCUT2D eigenvalue weighted by Gasteiger charge is 2.49. The van der Waals surface area contributed by atoms with Crippen molar-refractivity contribution in [2.75, 3.05) is 6.61 Å². The van der Waals surface area contributed by atoms with Crippen LogP contribution in [0, 0.1) is 5.92 Å². The second-order valence-electron chi connectivity index (χ2n) is 11.0. The maximum absolute atomic E-state index is 13.2. The number of Topliss-reactive ketones (excluding diaryl/α,β-unsaturated/α-hetero) is 1. The van der Waals surface area contributed by atoms with Crippen LogP contribution in [0.15, 0.2) is 36.4 Å². The molecule has 5 N–H and O–H groups in total. The Hall–Kier alpha value is -3.73. The number of carboxylic acids is 3. The van der Waals surface area contributed by atoms with E-state index in [1.54, 1.807) is 24.3 Å². The van der Waals surface area contributed by atoms with Gasteiger partial charge in [0, 0.05) is 19.3 Å². The maximum Gasteiger partial charge on any atom is 0.337 e. The third-order valence-electron chi connectivity index (χ3n) is 7.34. The molecule has 11 heteroatoms. The molecule has 246 valence electrons. The molecule has 0 bridgehead atoms. The van der Waals surface area contributed by atoms with E-state index in [1.165, 1.54) is 12.5 Å². The van der Waals surface area contributed by atoms with Gasteiger partial charge in [-0.3, -0.25) is 14.4 Å². The lowest BCUT2D eigenvalue weighted by Gasteiger charge is -2.29. The minimum absolute atomic E-state index is 0.143. The van der Waals surface area contributed by atoms with Crippen LogP contribution in [0.2, 0.25) is 0 Å². The Bertz CT molecular complexity index is 1080. The standard InChI is InChI=1S/C33H49NO10/c1-3-5-6-9-12-15-25(35)16-13-10-7-8-11-14-17-27(33(43,32(41)42)23-29(36)37)30(38)34-28(31(39)40)22-24-18-20-26(21-19-24)44-4-2/h14,17-21,27-28,43H,3-13,15-16,22-23H2,1-2H3,(H,34,38)(H,36,37)(H,39,40)(H,41,42)/b17-14+/t27-,28+,33+/m1/s1. The molecule has 0 radical (unpaired) electrons. The number of ketones is 1. The van der Waals surface area contributed by atoms with Gasteiger partial charge in [0.1, 0.15) is 17.6 Å². The zero-order valence-corrected chi connectivity index (χ0v) is 26.0. The fourth-order valence-electron chi connectivity index (χ4n) is 4.82. The summed E-state index contributed by atoms with van der Waals surface area (Å²) in [6.07, 6.45) is 11.3. The first-order valence-electron chi connectivity index (χ1n) is 15.5. The van der Waals surface area contributed by atoms with Gasteiger partial charge in [-0.15, -0.1) is 0 Å². The molecule has 0 heterocycles. The molecule has 0 aromatic heterocycles. The summed E-state index contributed by atoms with van der Waals surface area (Å²) in [6, 6.07) is 5.09. The van der Waals surface area contributed by atoms with Gasteiger partial charge in [0.25, 0.3) is 0 Å². The van der Waals surface area contributed by atoms with E-state index in [0.717, 1.165) is 51.0 Å². The second kappa shape index (κ2) is 21.1. The Kier molecular flexibility index (Phi) is 18.3. The number of aliphatic carboxylic acids is 3. The lowest BCUT2D eigenvalue weighted by atomic mass is 9.82. The van der Waals surface area contributed by atoms with E-state index in [0.29, 0.717) is 43.6 Å². The minimum atomic E-state index is -3.01. The highest BCUT2D eigenvalue weighted by atomic mass is 16.5. The molecule has 44 heavy (non-hydrogen) atoms. The number of hydrogen-bond donors (Lipinski definition) is 5. The number of unbranched alkanes of at least 4 members (excludes halogenated alkanes) is 8. The maximum atomic E-state index is 13.2. The number of carbonyl (C=O) groups excluding carboxylic acids is 2. The van der Waals surface area contributed by atoms with E-state index in [2.05, 4.69) is 12.2 Å². The van der Waals surface area contributed by atoms with Crippen molar-refractivity contribution in [3.8, 4) is 5.75 Å². The van der Waals surface area contributed by atoms with Crippen molar-refractivity contribution in [2.45, 2.75) is 115 Å². The molecule has 0 fully saturated rings. The van der Waals surface area contributed by atoms with Gasteiger partial charge < -0.3 is 30.5 Å². The molecule has 3 atom stereocenters. The summed E-state index contributed by atoms with van der Waals surface area (Å²) in [6.45, 7) is 4.42. The van der Waals surface area contributed by atoms with Gasteiger partial charge in [-0.25, -0.2) is 9.59 Å². The normalized spacial score (nSPS) is 14.0. The molecule has 1 rings (SSSR count). The lowest BCUT2D eigenvalue weighted by Crippen LogP contribution is -2.55. The molecule has 0 unspecified atom stereocenters. The SMILES string of the molecule is CCCCCCCC(=O)CCCCCC/C=C/[C@H](C(=O)N[C@@H](Cc1ccc(OCC)cc1)C(=O)O)[C@@](O)(CC(=O)O)C(=O)O. The predicted octanol–water partition coefficient (Wildman–Crippen LogP) is 4.93. The minimum Gasteiger partial charge on any atom is -0.494 e. The number of benzene rings is 1. The van der Waals surface area contributed by atoms with Crippen LogP contribution in [0.3, 0.4) is 0 Å². The van der Waals surface area contributed by atoms with Crippen molar-refractivity contribution in [3.05, 3.63) is 42.0 Å². The summed E-state index contributed by atoms with van der Waals surface area (Å²) in [4.78, 5) is 60.6. The third kappa shape index (κ3) is 14.6. The van der Waals surface area contributed by atoms with E-state index in [4.69, 9.17) is 4.74 Å². The first-order valence-corrected chi connectivity index (χ1v) is 15.5. The second-order valence-corrected chi connectivity index (χ2v) is 11.0. The van der Waals surface area contributed by atoms with Crippen molar-refractivity contribution < 1.29 is 49.1 Å². The van der Waals surface area contributed by atoms with Crippen molar-refractivity contribution in [1.29, 1.82) is 0 Å². The number of nitrogens with one attached hydrogen (secondary N) is 1. The van der Waals surface area contributed by atoms with Crippen LogP contribution in [-0.2, 0) is 30.4 Å². The first kappa shape index (κ1) is 38.3. The molecule has 0 aliphatic heterocycles. The largest absolute Gasteiger partial charge is 0.494 e. The quantitative estimate of drug-likeness (QED) is 0.0742. The molecule has 0 saturated carbocycles. The van der Waals surface area contributed by atoms with Crippen LogP contribution in [0.4, 0.5) is 0 Å². The van der Waals surface area contributed by atoms with E-state index < -0.39 is 47.8 Å². The number of amides is 1. The van der Waals surface area contributed by atoms with E-state index in [-0.39, 0.29) is 12.2 Å². The molecule has 11 nitrogen and oxygen atoms in total. The molecular formula is C33H49NO10. The number of aliphatic hydroxyl groups is 1. The highest BCUT2D eigenvalue weighted by molar-refractivity contribution is 5.94. The van der Waals surface area contributed by atoms with E-state index >= 15 is 0 Å². The Labute approximate surface area is 259 Å². The van der Waals surface area contributed by atoms with Gasteiger partial charge in [0.05, 0.1) is 18.9 Å². The van der Waals surface area contributed by atoms with Crippen molar-refractivity contribution in [2.24, 2.45) is 5.92 Å². The summed E-state index contributed by atoms with van der Waals surface area (Å²) in [5.74, 6) is -7.09. The summed E-state index contributed by atoms with van der Waals surface area (Å²) in [5.41, 5.74) is -2.45. The summed E-state index contributed by atoms with van der Waals surface area (Å²) >= 11 is 0. The average Bonchev–Trinajstić information content (AvgIpc) is 2.96. The van der Waals surface area contributed by atoms with Crippen molar-refractivity contribution in [1.82, 2.24) is 5.32 Å². The average molecular weight is 620 g/mol. The number of carboxylic acid groups (broad SMARTS) is 3. The van der Waals surface area contributed by atoms with Crippen LogP contribution < -0.4 is 10.1 Å². The zero-order valence-electron chi connectivity index (χ0n) is 26.0. The van der Waals surface area contributed by atoms with Gasteiger partial charge in [-0.2, -0.15) is 0 Å². The number of ether oxygens (including phenoxy) is 1. The van der Waals surface area contributed by atoms with Crippen molar-refractivity contribution in [3.63, 3.8) is 0 Å². The molecular weight excluding hydrogens is 570 g/mol. The van der Waals surface area contributed by atoms with Crippen LogP contribution in [0.25, 0.3) is 0 Å². The summed E-state index contributed by atoms with van der Waals surface area (Å²) in [7, 11) is 0. The fraction of sp³-hybridized carbons (Fsp3) is 0.606. The summed E-state index contributed by atoms with van der Waals surface area (Å²) in [5, 5.41) is 41.8. The van der Waals surface area contributed by atoms with Crippen molar-refractivity contribution >= 4 is 29.6 Å². The molecule has 0 aliphatic rings. The predicted molar refractivity (Wildman–Crippen MR) is 164 cm³/mol. The molecule has 0 spiro atoms. The van der Waals surface area contributed by atoms with Crippen LogP contribution in [0.5, 0.6) is 5.75 Å². The molecule has 1 aromatic rings. The summed E-state index contributed by atoms with van der Waals surface area (Å²) < 4.78 is 5.37. The van der Waals surface area contributed by atoms with Crippen LogP contribution >= 0.6 is 0 Å². The van der Waals surface area contributed by atoms with Gasteiger partial charge in [0.15, 0.2) is 5.60 Å². The smallest absolute Gasteiger partial charge is 0.337 e. The third-order valence-corrected chi connectivity index (χ3v) is 7.34. The molecule has 0 aliphatic carbocycles. The van der Waals surface area contributed by atoms with Gasteiger partial charge in [0.2, 0.25) is 5.91 Å². The Morgan fingerprint density at radius 3 is 1.98 bits per heavy atom. The number of carbonyl (C=O) groups is 5. The number of hydrogen-bond acceptors (Lipinski definition) is 7. The number of rotatable bonds is 25. The monoisotopic (exact) mass is 619 g/mol. The fourth-order valence-corrected chi connectivity index (χ4v) is 4.82. The Morgan fingerprint density at radius 1 is 0.864 bits per heavy atom. The van der Waals surface area contributed by atoms with Crippen LogP contribution in [-0.4, -0.2) is 68.3 Å². The number of allylic oxidation sites excluding steroid dienone is 1. The van der Waals surface area contributed by atoms with E-state index in [9.17, 15) is 44.4 Å². The lowest BCUT2D eigenvalue weighted by molar-refractivity contribution is -0.172. The van der Waals surface area contributed by atoms with Gasteiger partial charge >= 0.3 is 17.9 Å². The Morgan fingerprint density at radius 2 is 1.45 bits per heavy atom. The highest BCUT2D eigenvalue weighted by Crippen LogP contribution is 2.26. The van der Waals surface area contributed by atoms with Gasteiger partial charge in [-0.1, -0.05) is 69.7 Å². The zero-order chi connectivity index (χ0) is 33.0. The van der Waals surface area contributed by atoms with Crippen LogP contribution in [0.1, 0.15) is 103 Å². The molecule has 1 aromatic carbocycles. The molecule has 1 amide bonds. The van der Waals surface area contributed by atoms with Gasteiger partial charge in [-0.05, 0) is 50.3 Å². The van der Waals surface area contributed by atoms with E-state index in [1.807, 2.05) is 6.92 Å². The first-order chi connectivity index (χ1) is 20.9. The topological polar surface area (TPSA) is 188 Å².